The van der Waals surface area contributed by atoms with Gasteiger partial charge in [-0.2, -0.15) is 5.10 Å². The van der Waals surface area contributed by atoms with Crippen molar-refractivity contribution >= 4 is 11.4 Å². The van der Waals surface area contributed by atoms with E-state index in [0.29, 0.717) is 12.4 Å². The molecule has 0 aliphatic heterocycles. The van der Waals surface area contributed by atoms with E-state index < -0.39 is 5.60 Å². The van der Waals surface area contributed by atoms with Gasteiger partial charge in [0.15, 0.2) is 0 Å². The number of nitrogens with two attached hydrogens (primary N) is 1. The number of aliphatic hydroxyl groups is 1. The second-order valence-corrected chi connectivity index (χ2v) is 7.36. The van der Waals surface area contributed by atoms with Crippen LogP contribution in [0.3, 0.4) is 0 Å². The average molecular weight is 368 g/mol. The molecule has 2 unspecified atom stereocenters. The molecule has 0 saturated heterocycles. The van der Waals surface area contributed by atoms with E-state index in [1.54, 1.807) is 17.7 Å². The van der Waals surface area contributed by atoms with Crippen LogP contribution in [0.5, 0.6) is 0 Å². The van der Waals surface area contributed by atoms with Crippen molar-refractivity contribution in [1.29, 1.82) is 0 Å². The van der Waals surface area contributed by atoms with Crippen LogP contribution in [0.25, 0.3) is 5.57 Å². The van der Waals surface area contributed by atoms with Gasteiger partial charge in [-0.15, -0.1) is 0 Å². The summed E-state index contributed by atoms with van der Waals surface area (Å²) >= 11 is 0. The van der Waals surface area contributed by atoms with Gasteiger partial charge in [-0.3, -0.25) is 4.68 Å². The Labute approximate surface area is 160 Å². The highest BCUT2D eigenvalue weighted by Gasteiger charge is 2.34. The topological polar surface area (TPSA) is 102 Å². The Kier molecular flexibility index (Phi) is 5.43. The molecule has 2 aromatic rings. The van der Waals surface area contributed by atoms with Gasteiger partial charge in [0.2, 0.25) is 0 Å². The first-order valence-electron chi connectivity index (χ1n) is 9.26. The Balaban J connectivity index is 1.93. The van der Waals surface area contributed by atoms with Gasteiger partial charge in [-0.05, 0) is 25.8 Å². The molecule has 7 nitrogen and oxygen atoms in total. The van der Waals surface area contributed by atoms with Gasteiger partial charge in [-0.25, -0.2) is 9.97 Å². The van der Waals surface area contributed by atoms with E-state index in [4.69, 9.17) is 5.73 Å². The molecule has 0 spiro atoms. The molecule has 0 amide bonds. The highest BCUT2D eigenvalue weighted by Crippen LogP contribution is 2.37. The molecule has 2 aromatic heterocycles. The lowest BCUT2D eigenvalue weighted by atomic mass is 9.81. The molecule has 1 aliphatic carbocycles. The zero-order chi connectivity index (χ0) is 19.6. The molecule has 0 saturated carbocycles. The second-order valence-electron chi connectivity index (χ2n) is 7.36. The molecule has 0 aromatic carbocycles. The van der Waals surface area contributed by atoms with Crippen LogP contribution in [0.1, 0.15) is 43.3 Å². The number of nitrogens with one attached hydrogen (secondary N) is 1. The molecule has 7 heteroatoms. The second kappa shape index (κ2) is 7.62. The van der Waals surface area contributed by atoms with Gasteiger partial charge in [0, 0.05) is 43.2 Å². The van der Waals surface area contributed by atoms with Gasteiger partial charge in [0.25, 0.3) is 0 Å². The largest absolute Gasteiger partial charge is 0.385 e. The maximum Gasteiger partial charge on any atom is 0.141 e. The molecule has 4 N–H and O–H groups in total. The van der Waals surface area contributed by atoms with E-state index in [1.807, 2.05) is 44.6 Å². The van der Waals surface area contributed by atoms with Crippen molar-refractivity contribution in [2.45, 2.75) is 44.8 Å². The molecule has 2 heterocycles. The summed E-state index contributed by atoms with van der Waals surface area (Å²) in [5.74, 6) is 0.944. The van der Waals surface area contributed by atoms with Crippen molar-refractivity contribution in [1.82, 2.24) is 19.7 Å². The summed E-state index contributed by atoms with van der Waals surface area (Å²) in [5, 5.41) is 18.4. The third-order valence-corrected chi connectivity index (χ3v) is 4.83. The van der Waals surface area contributed by atoms with Crippen molar-refractivity contribution in [3.8, 4) is 0 Å². The number of anilines is 1. The highest BCUT2D eigenvalue weighted by atomic mass is 16.3. The standard InChI is InChI=1S/C20H28N6O/c1-5-16(21)11-22-18-8-13(2)24-19(25-18)17-9-14(6-7-20(17,3)27)15-10-23-26(4)12-15/h6-10,12,16-17,27H,5,11,21H2,1-4H3,(H,22,24,25)/t16-,17?,20?/m1/s1. The number of aromatic nitrogens is 4. The predicted octanol–water partition coefficient (Wildman–Crippen LogP) is 2.16. The first-order valence-corrected chi connectivity index (χ1v) is 9.26. The summed E-state index contributed by atoms with van der Waals surface area (Å²) in [6.07, 6.45) is 10.4. The maximum atomic E-state index is 10.9. The van der Waals surface area contributed by atoms with Crippen molar-refractivity contribution < 1.29 is 5.11 Å². The lowest BCUT2D eigenvalue weighted by molar-refractivity contribution is 0.0921. The molecule has 3 rings (SSSR count). The predicted molar refractivity (Wildman–Crippen MR) is 107 cm³/mol. The van der Waals surface area contributed by atoms with E-state index in [-0.39, 0.29) is 12.0 Å². The van der Waals surface area contributed by atoms with Crippen LogP contribution in [0.4, 0.5) is 5.82 Å². The minimum absolute atomic E-state index is 0.0709. The third kappa shape index (κ3) is 4.43. The number of allylic oxidation sites excluding steroid dienone is 2. The van der Waals surface area contributed by atoms with Gasteiger partial charge < -0.3 is 16.2 Å². The van der Waals surface area contributed by atoms with Gasteiger partial charge >= 0.3 is 0 Å². The molecule has 1 aliphatic rings. The van der Waals surface area contributed by atoms with Crippen LogP contribution in [0.15, 0.2) is 36.7 Å². The molecule has 0 fully saturated rings. The molecule has 0 bridgehead atoms. The van der Waals surface area contributed by atoms with Crippen LogP contribution in [-0.4, -0.2) is 43.0 Å². The molecule has 144 valence electrons. The van der Waals surface area contributed by atoms with Crippen molar-refractivity contribution in [3.05, 3.63) is 53.8 Å². The highest BCUT2D eigenvalue weighted by molar-refractivity contribution is 5.76. The lowest BCUT2D eigenvalue weighted by Crippen LogP contribution is -2.33. The van der Waals surface area contributed by atoms with E-state index in [0.717, 1.165) is 29.1 Å². The van der Waals surface area contributed by atoms with Crippen LogP contribution >= 0.6 is 0 Å². The Hall–Kier alpha value is -2.51. The van der Waals surface area contributed by atoms with E-state index in [9.17, 15) is 5.11 Å². The minimum atomic E-state index is -1.07. The van der Waals surface area contributed by atoms with Crippen molar-refractivity contribution in [3.63, 3.8) is 0 Å². The summed E-state index contributed by atoms with van der Waals surface area (Å²) in [5.41, 5.74) is 7.75. The minimum Gasteiger partial charge on any atom is -0.385 e. The first kappa shape index (κ1) is 19.3. The van der Waals surface area contributed by atoms with Crippen LogP contribution in [0, 0.1) is 6.92 Å². The Bertz CT molecular complexity index is 867. The molecule has 0 radical (unpaired) electrons. The summed E-state index contributed by atoms with van der Waals surface area (Å²) < 4.78 is 1.76. The number of hydrogen-bond donors (Lipinski definition) is 3. The summed E-state index contributed by atoms with van der Waals surface area (Å²) in [4.78, 5) is 9.25. The quantitative estimate of drug-likeness (QED) is 0.722. The first-order chi connectivity index (χ1) is 12.8. The Morgan fingerprint density at radius 2 is 2.19 bits per heavy atom. The molecular formula is C20H28N6O. The van der Waals surface area contributed by atoms with Gasteiger partial charge in [0.05, 0.1) is 17.7 Å². The molecular weight excluding hydrogens is 340 g/mol. The van der Waals surface area contributed by atoms with E-state index in [1.165, 1.54) is 0 Å². The maximum absolute atomic E-state index is 10.9. The Morgan fingerprint density at radius 3 is 2.85 bits per heavy atom. The fraction of sp³-hybridized carbons (Fsp3) is 0.450. The number of nitrogens with zero attached hydrogens (tertiary/aromatic N) is 4. The van der Waals surface area contributed by atoms with Crippen molar-refractivity contribution in [2.75, 3.05) is 11.9 Å². The number of hydrogen-bond acceptors (Lipinski definition) is 6. The monoisotopic (exact) mass is 368 g/mol. The Morgan fingerprint density at radius 1 is 1.41 bits per heavy atom. The van der Waals surface area contributed by atoms with Gasteiger partial charge in [0.1, 0.15) is 11.6 Å². The summed E-state index contributed by atoms with van der Waals surface area (Å²) in [6.45, 7) is 6.40. The van der Waals surface area contributed by atoms with Crippen LogP contribution in [-0.2, 0) is 7.05 Å². The summed E-state index contributed by atoms with van der Waals surface area (Å²) in [6, 6.07) is 1.96. The lowest BCUT2D eigenvalue weighted by Gasteiger charge is -2.30. The fourth-order valence-corrected chi connectivity index (χ4v) is 3.07. The van der Waals surface area contributed by atoms with E-state index in [2.05, 4.69) is 27.3 Å². The normalized spacial score (nSPS) is 23.2. The summed E-state index contributed by atoms with van der Waals surface area (Å²) in [7, 11) is 1.88. The zero-order valence-corrected chi connectivity index (χ0v) is 16.3. The van der Waals surface area contributed by atoms with Gasteiger partial charge in [-0.1, -0.05) is 25.2 Å². The van der Waals surface area contributed by atoms with Crippen LogP contribution < -0.4 is 11.1 Å². The third-order valence-electron chi connectivity index (χ3n) is 4.83. The SMILES string of the molecule is CC[C@@H](N)CNc1cc(C)nc(C2C=C(c3cnn(C)c3)C=CC2(C)O)n1. The molecule has 27 heavy (non-hydrogen) atoms. The fourth-order valence-electron chi connectivity index (χ4n) is 3.07. The number of rotatable bonds is 6. The zero-order valence-electron chi connectivity index (χ0n) is 16.3. The van der Waals surface area contributed by atoms with E-state index >= 15 is 0 Å². The average Bonchev–Trinajstić information content (AvgIpc) is 3.05. The smallest absolute Gasteiger partial charge is 0.141 e. The van der Waals surface area contributed by atoms with Crippen LogP contribution in [0.2, 0.25) is 0 Å². The number of aryl methyl sites for hydroxylation is 2. The molecule has 3 atom stereocenters. The van der Waals surface area contributed by atoms with Crippen molar-refractivity contribution in [2.24, 2.45) is 12.8 Å².